The topological polar surface area (TPSA) is 61.4 Å². The second-order valence-electron chi connectivity index (χ2n) is 5.25. The molecule has 1 aromatic rings. The van der Waals surface area contributed by atoms with E-state index in [9.17, 15) is 9.59 Å². The fourth-order valence-electron chi connectivity index (χ4n) is 2.43. The van der Waals surface area contributed by atoms with Gasteiger partial charge in [-0.25, -0.2) is 0 Å². The lowest BCUT2D eigenvalue weighted by Gasteiger charge is -2.15. The van der Waals surface area contributed by atoms with Crippen molar-refractivity contribution in [3.63, 3.8) is 0 Å². The van der Waals surface area contributed by atoms with E-state index >= 15 is 0 Å². The highest BCUT2D eigenvalue weighted by Gasteiger charge is 2.28. The molecule has 1 aliphatic heterocycles. The van der Waals surface area contributed by atoms with Crippen LogP contribution in [0, 0.1) is 12.8 Å². The van der Waals surface area contributed by atoms with E-state index in [1.165, 1.54) is 0 Å². The van der Waals surface area contributed by atoms with Crippen molar-refractivity contribution in [1.82, 2.24) is 10.2 Å². The molecule has 1 saturated heterocycles. The molecule has 1 aliphatic rings. The van der Waals surface area contributed by atoms with Crippen LogP contribution in [0.5, 0.6) is 0 Å². The van der Waals surface area contributed by atoms with Gasteiger partial charge in [0.25, 0.3) is 0 Å². The third-order valence-corrected chi connectivity index (χ3v) is 3.59. The largest absolute Gasteiger partial charge is 0.359 e. The van der Waals surface area contributed by atoms with Crippen LogP contribution in [0.4, 0.5) is 5.69 Å². The first kappa shape index (κ1) is 14.5. The van der Waals surface area contributed by atoms with Gasteiger partial charge in [-0.1, -0.05) is 17.7 Å². The van der Waals surface area contributed by atoms with Crippen LogP contribution in [0.2, 0.25) is 0 Å². The normalized spacial score (nSPS) is 18.8. The summed E-state index contributed by atoms with van der Waals surface area (Å²) < 4.78 is 0. The van der Waals surface area contributed by atoms with Crippen molar-refractivity contribution in [3.05, 3.63) is 29.8 Å². The van der Waals surface area contributed by atoms with Gasteiger partial charge in [-0.2, -0.15) is 0 Å². The zero-order valence-corrected chi connectivity index (χ0v) is 12.0. The highest BCUT2D eigenvalue weighted by molar-refractivity contribution is 5.92. The van der Waals surface area contributed by atoms with Gasteiger partial charge in [0.2, 0.25) is 11.8 Å². The molecule has 0 bridgehead atoms. The Kier molecular flexibility index (Phi) is 4.74. The molecular formula is C15H21N3O2. The van der Waals surface area contributed by atoms with Crippen LogP contribution in [-0.2, 0) is 9.59 Å². The Balaban J connectivity index is 1.81. The third-order valence-electron chi connectivity index (χ3n) is 3.59. The number of nitrogens with one attached hydrogen (secondary N) is 2. The zero-order chi connectivity index (χ0) is 14.5. The minimum absolute atomic E-state index is 0.00664. The number of anilines is 1. The molecule has 0 aliphatic carbocycles. The standard InChI is InChI=1S/C15H21N3O2/c1-11-3-5-13(6-4-11)17-14(19)10-18-8-7-12(9-18)15(20)16-2/h3-6,12H,7-10H2,1-2H3,(H,16,20)(H,17,19). The maximum Gasteiger partial charge on any atom is 0.238 e. The Morgan fingerprint density at radius 1 is 1.30 bits per heavy atom. The van der Waals surface area contributed by atoms with E-state index in [1.54, 1.807) is 7.05 Å². The molecule has 108 valence electrons. The maximum absolute atomic E-state index is 11.9. The van der Waals surface area contributed by atoms with Gasteiger partial charge in [-0.05, 0) is 32.0 Å². The average molecular weight is 275 g/mol. The Bertz CT molecular complexity index is 484. The van der Waals surface area contributed by atoms with Gasteiger partial charge in [0.15, 0.2) is 0 Å². The summed E-state index contributed by atoms with van der Waals surface area (Å²) in [6, 6.07) is 7.72. The molecule has 0 radical (unpaired) electrons. The van der Waals surface area contributed by atoms with Crippen LogP contribution in [0.15, 0.2) is 24.3 Å². The molecule has 5 heteroatoms. The maximum atomic E-state index is 11.9. The minimum Gasteiger partial charge on any atom is -0.359 e. The number of hydrogen-bond donors (Lipinski definition) is 2. The van der Waals surface area contributed by atoms with Gasteiger partial charge in [-0.3, -0.25) is 14.5 Å². The zero-order valence-electron chi connectivity index (χ0n) is 12.0. The molecule has 5 nitrogen and oxygen atoms in total. The first-order valence-electron chi connectivity index (χ1n) is 6.89. The van der Waals surface area contributed by atoms with Crippen LogP contribution < -0.4 is 10.6 Å². The van der Waals surface area contributed by atoms with E-state index < -0.39 is 0 Å². The fourth-order valence-corrected chi connectivity index (χ4v) is 2.43. The molecule has 1 heterocycles. The number of aryl methyl sites for hydroxylation is 1. The van der Waals surface area contributed by atoms with Crippen molar-refractivity contribution in [2.24, 2.45) is 5.92 Å². The lowest BCUT2D eigenvalue weighted by atomic mass is 10.1. The first-order valence-corrected chi connectivity index (χ1v) is 6.89. The molecule has 2 amide bonds. The summed E-state index contributed by atoms with van der Waals surface area (Å²) in [6.07, 6.45) is 0.817. The Hall–Kier alpha value is -1.88. The predicted molar refractivity (Wildman–Crippen MR) is 78.4 cm³/mol. The van der Waals surface area contributed by atoms with Crippen LogP contribution in [-0.4, -0.2) is 43.4 Å². The van der Waals surface area contributed by atoms with Gasteiger partial charge >= 0.3 is 0 Å². The monoisotopic (exact) mass is 275 g/mol. The number of amides is 2. The van der Waals surface area contributed by atoms with Gasteiger partial charge in [0, 0.05) is 19.3 Å². The summed E-state index contributed by atoms with van der Waals surface area (Å²) in [5.74, 6) is 0.0324. The number of carbonyl (C=O) groups is 2. The number of benzene rings is 1. The number of nitrogens with zero attached hydrogens (tertiary/aromatic N) is 1. The van der Waals surface area contributed by atoms with E-state index in [1.807, 2.05) is 36.1 Å². The molecule has 0 saturated carbocycles. The van der Waals surface area contributed by atoms with Gasteiger partial charge < -0.3 is 10.6 Å². The molecule has 1 aromatic carbocycles. The van der Waals surface area contributed by atoms with Crippen molar-refractivity contribution < 1.29 is 9.59 Å². The van der Waals surface area contributed by atoms with Crippen LogP contribution in [0.25, 0.3) is 0 Å². The molecule has 0 spiro atoms. The van der Waals surface area contributed by atoms with E-state index in [2.05, 4.69) is 10.6 Å². The minimum atomic E-state index is -0.0357. The van der Waals surface area contributed by atoms with Gasteiger partial charge in [-0.15, -0.1) is 0 Å². The highest BCUT2D eigenvalue weighted by atomic mass is 16.2. The van der Waals surface area contributed by atoms with E-state index in [-0.39, 0.29) is 17.7 Å². The van der Waals surface area contributed by atoms with Crippen LogP contribution in [0.3, 0.4) is 0 Å². The summed E-state index contributed by atoms with van der Waals surface area (Å²) in [5, 5.41) is 5.53. The molecular weight excluding hydrogens is 254 g/mol. The summed E-state index contributed by atoms with van der Waals surface area (Å²) in [4.78, 5) is 25.5. The smallest absolute Gasteiger partial charge is 0.238 e. The predicted octanol–water partition coefficient (Wildman–Crippen LogP) is 1.00. The van der Waals surface area contributed by atoms with Crippen LogP contribution >= 0.6 is 0 Å². The second kappa shape index (κ2) is 6.52. The van der Waals surface area contributed by atoms with Crippen LogP contribution in [0.1, 0.15) is 12.0 Å². The van der Waals surface area contributed by atoms with Crippen molar-refractivity contribution in [2.45, 2.75) is 13.3 Å². The Morgan fingerprint density at radius 3 is 2.65 bits per heavy atom. The highest BCUT2D eigenvalue weighted by Crippen LogP contribution is 2.16. The molecule has 2 rings (SSSR count). The van der Waals surface area contributed by atoms with Crippen molar-refractivity contribution >= 4 is 17.5 Å². The van der Waals surface area contributed by atoms with Gasteiger partial charge in [0.05, 0.1) is 12.5 Å². The van der Waals surface area contributed by atoms with Crippen molar-refractivity contribution in [3.8, 4) is 0 Å². The molecule has 1 unspecified atom stereocenters. The number of hydrogen-bond acceptors (Lipinski definition) is 3. The third kappa shape index (κ3) is 3.81. The average Bonchev–Trinajstić information content (AvgIpc) is 2.89. The van der Waals surface area contributed by atoms with Crippen molar-refractivity contribution in [1.29, 1.82) is 0 Å². The Labute approximate surface area is 119 Å². The SMILES string of the molecule is CNC(=O)C1CCN(CC(=O)Nc2ccc(C)cc2)C1. The van der Waals surface area contributed by atoms with E-state index in [4.69, 9.17) is 0 Å². The summed E-state index contributed by atoms with van der Waals surface area (Å²) in [6.45, 7) is 3.79. The second-order valence-corrected chi connectivity index (χ2v) is 5.25. The Morgan fingerprint density at radius 2 is 2.00 bits per heavy atom. The molecule has 1 atom stereocenters. The number of carbonyl (C=O) groups excluding carboxylic acids is 2. The number of likely N-dealkylation sites (tertiary alicyclic amines) is 1. The lowest BCUT2D eigenvalue weighted by Crippen LogP contribution is -2.34. The fraction of sp³-hybridized carbons (Fsp3) is 0.467. The first-order chi connectivity index (χ1) is 9.58. The summed E-state index contributed by atoms with van der Waals surface area (Å²) >= 11 is 0. The molecule has 1 fully saturated rings. The van der Waals surface area contributed by atoms with Gasteiger partial charge in [0.1, 0.15) is 0 Å². The molecule has 2 N–H and O–H groups in total. The molecule has 0 aromatic heterocycles. The van der Waals surface area contributed by atoms with Crippen molar-refractivity contribution in [2.75, 3.05) is 32.0 Å². The van der Waals surface area contributed by atoms with E-state index in [0.717, 1.165) is 24.2 Å². The van der Waals surface area contributed by atoms with E-state index in [0.29, 0.717) is 13.1 Å². The molecule has 20 heavy (non-hydrogen) atoms. The number of rotatable bonds is 4. The summed E-state index contributed by atoms with van der Waals surface area (Å²) in [7, 11) is 1.65. The quantitative estimate of drug-likeness (QED) is 0.862. The lowest BCUT2D eigenvalue weighted by molar-refractivity contribution is -0.124. The summed E-state index contributed by atoms with van der Waals surface area (Å²) in [5.41, 5.74) is 1.97.